The van der Waals surface area contributed by atoms with Crippen molar-refractivity contribution in [1.82, 2.24) is 10.3 Å². The molecule has 4 heteroatoms. The van der Waals surface area contributed by atoms with E-state index in [-0.39, 0.29) is 17.9 Å². The molecule has 1 aromatic heterocycles. The van der Waals surface area contributed by atoms with Gasteiger partial charge in [0.15, 0.2) is 0 Å². The Labute approximate surface area is 134 Å². The smallest absolute Gasteiger partial charge is 0.253 e. The van der Waals surface area contributed by atoms with E-state index < -0.39 is 0 Å². The lowest BCUT2D eigenvalue weighted by atomic mass is 9.94. The van der Waals surface area contributed by atoms with Crippen LogP contribution in [0.5, 0.6) is 5.75 Å². The van der Waals surface area contributed by atoms with Gasteiger partial charge in [0.25, 0.3) is 5.91 Å². The minimum absolute atomic E-state index is 0.00336. The molecule has 0 aliphatic carbocycles. The van der Waals surface area contributed by atoms with Crippen LogP contribution in [-0.4, -0.2) is 23.5 Å². The standard InChI is InChI=1S/C19H18N2O2/c1-12(16-11-23-17-8-3-2-6-14(16)17)21-19(22)15-7-4-5-13-9-10-20-18(13)15/h2-10,12,16,20H,11H2,1H3,(H,21,22)/t12-,16+/m0/s1. The van der Waals surface area contributed by atoms with Crippen LogP contribution in [0.25, 0.3) is 10.9 Å². The lowest BCUT2D eigenvalue weighted by Crippen LogP contribution is -2.37. The third kappa shape index (κ3) is 2.36. The van der Waals surface area contributed by atoms with Gasteiger partial charge in [-0.3, -0.25) is 4.79 Å². The second-order valence-electron chi connectivity index (χ2n) is 5.96. The summed E-state index contributed by atoms with van der Waals surface area (Å²) in [6, 6.07) is 15.7. The first kappa shape index (κ1) is 13.9. The highest BCUT2D eigenvalue weighted by atomic mass is 16.5. The number of aromatic amines is 1. The van der Waals surface area contributed by atoms with E-state index in [0.717, 1.165) is 16.7 Å². The van der Waals surface area contributed by atoms with E-state index in [4.69, 9.17) is 4.74 Å². The molecule has 0 spiro atoms. The van der Waals surface area contributed by atoms with Crippen LogP contribution in [0.2, 0.25) is 0 Å². The normalized spacial score (nSPS) is 17.5. The van der Waals surface area contributed by atoms with Crippen molar-refractivity contribution in [3.05, 3.63) is 65.9 Å². The molecule has 0 saturated carbocycles. The summed E-state index contributed by atoms with van der Waals surface area (Å²) in [6.45, 7) is 2.64. The summed E-state index contributed by atoms with van der Waals surface area (Å²) in [6.07, 6.45) is 1.85. The number of rotatable bonds is 3. The van der Waals surface area contributed by atoms with Gasteiger partial charge in [-0.15, -0.1) is 0 Å². The van der Waals surface area contributed by atoms with Gasteiger partial charge in [0, 0.05) is 29.1 Å². The van der Waals surface area contributed by atoms with E-state index in [9.17, 15) is 4.79 Å². The van der Waals surface area contributed by atoms with Crippen LogP contribution >= 0.6 is 0 Å². The van der Waals surface area contributed by atoms with Gasteiger partial charge in [0.1, 0.15) is 5.75 Å². The Morgan fingerprint density at radius 2 is 2.09 bits per heavy atom. The van der Waals surface area contributed by atoms with Crippen molar-refractivity contribution in [2.24, 2.45) is 0 Å². The Hall–Kier alpha value is -2.75. The predicted octanol–water partition coefficient (Wildman–Crippen LogP) is 3.46. The SMILES string of the molecule is C[C@H](NC(=O)c1cccc2cc[nH]c12)[C@H]1COc2ccccc21. The fourth-order valence-electron chi connectivity index (χ4n) is 3.26. The zero-order chi connectivity index (χ0) is 15.8. The lowest BCUT2D eigenvalue weighted by molar-refractivity contribution is 0.0934. The highest BCUT2D eigenvalue weighted by Gasteiger charge is 2.29. The van der Waals surface area contributed by atoms with Crippen molar-refractivity contribution < 1.29 is 9.53 Å². The molecule has 3 aromatic rings. The molecule has 2 N–H and O–H groups in total. The molecule has 2 atom stereocenters. The molecule has 0 fully saturated rings. The molecule has 0 unspecified atom stereocenters. The Morgan fingerprint density at radius 1 is 1.22 bits per heavy atom. The fourth-order valence-corrected chi connectivity index (χ4v) is 3.26. The summed E-state index contributed by atoms with van der Waals surface area (Å²) in [7, 11) is 0. The third-order valence-electron chi connectivity index (χ3n) is 4.53. The Bertz CT molecular complexity index is 868. The average Bonchev–Trinajstić information content (AvgIpc) is 3.20. The number of benzene rings is 2. The minimum atomic E-state index is -0.0602. The summed E-state index contributed by atoms with van der Waals surface area (Å²) in [4.78, 5) is 15.8. The summed E-state index contributed by atoms with van der Waals surface area (Å²) < 4.78 is 5.72. The molecule has 4 nitrogen and oxygen atoms in total. The molecular formula is C19H18N2O2. The van der Waals surface area contributed by atoms with Crippen LogP contribution in [0.1, 0.15) is 28.8 Å². The summed E-state index contributed by atoms with van der Waals surface area (Å²) in [5, 5.41) is 4.16. The van der Waals surface area contributed by atoms with Crippen LogP contribution in [-0.2, 0) is 0 Å². The molecule has 1 amide bonds. The zero-order valence-corrected chi connectivity index (χ0v) is 12.9. The number of ether oxygens (including phenoxy) is 1. The van der Waals surface area contributed by atoms with Gasteiger partial charge in [0.05, 0.1) is 17.7 Å². The van der Waals surface area contributed by atoms with Gasteiger partial charge >= 0.3 is 0 Å². The number of fused-ring (bicyclic) bond motifs is 2. The Morgan fingerprint density at radius 3 is 3.00 bits per heavy atom. The van der Waals surface area contributed by atoms with Gasteiger partial charge in [0.2, 0.25) is 0 Å². The van der Waals surface area contributed by atoms with Crippen molar-refractivity contribution in [2.45, 2.75) is 18.9 Å². The van der Waals surface area contributed by atoms with Gasteiger partial charge in [-0.25, -0.2) is 0 Å². The first-order valence-electron chi connectivity index (χ1n) is 7.83. The quantitative estimate of drug-likeness (QED) is 0.778. The van der Waals surface area contributed by atoms with Crippen molar-refractivity contribution in [3.8, 4) is 5.75 Å². The maximum absolute atomic E-state index is 12.7. The molecule has 2 aromatic carbocycles. The van der Waals surface area contributed by atoms with Crippen LogP contribution in [0.15, 0.2) is 54.7 Å². The first-order chi connectivity index (χ1) is 11.2. The van der Waals surface area contributed by atoms with Crippen LogP contribution < -0.4 is 10.1 Å². The number of hydrogen-bond donors (Lipinski definition) is 2. The number of hydrogen-bond acceptors (Lipinski definition) is 2. The Balaban J connectivity index is 1.56. The summed E-state index contributed by atoms with van der Waals surface area (Å²) >= 11 is 0. The molecular weight excluding hydrogens is 288 g/mol. The van der Waals surface area contributed by atoms with E-state index in [1.54, 1.807) is 0 Å². The van der Waals surface area contributed by atoms with Gasteiger partial charge in [-0.1, -0.05) is 30.3 Å². The number of para-hydroxylation sites is 2. The van der Waals surface area contributed by atoms with Crippen LogP contribution in [0, 0.1) is 0 Å². The van der Waals surface area contributed by atoms with E-state index >= 15 is 0 Å². The van der Waals surface area contributed by atoms with Gasteiger partial charge in [-0.2, -0.15) is 0 Å². The highest BCUT2D eigenvalue weighted by Crippen LogP contribution is 2.35. The van der Waals surface area contributed by atoms with Gasteiger partial charge in [-0.05, 0) is 25.1 Å². The van der Waals surface area contributed by atoms with Crippen molar-refractivity contribution in [1.29, 1.82) is 0 Å². The molecule has 0 radical (unpaired) electrons. The number of aromatic nitrogens is 1. The minimum Gasteiger partial charge on any atom is -0.493 e. The number of carbonyl (C=O) groups excluding carboxylic acids is 1. The predicted molar refractivity (Wildman–Crippen MR) is 89.9 cm³/mol. The maximum atomic E-state index is 12.7. The average molecular weight is 306 g/mol. The zero-order valence-electron chi connectivity index (χ0n) is 12.9. The lowest BCUT2D eigenvalue weighted by Gasteiger charge is -2.20. The Kier molecular flexibility index (Phi) is 3.30. The molecule has 1 aliphatic heterocycles. The fraction of sp³-hybridized carbons (Fsp3) is 0.211. The van der Waals surface area contributed by atoms with E-state index in [1.807, 2.05) is 55.6 Å². The van der Waals surface area contributed by atoms with Gasteiger partial charge < -0.3 is 15.0 Å². The van der Waals surface area contributed by atoms with E-state index in [0.29, 0.717) is 12.2 Å². The second-order valence-corrected chi connectivity index (χ2v) is 5.96. The molecule has 2 heterocycles. The van der Waals surface area contributed by atoms with Crippen LogP contribution in [0.3, 0.4) is 0 Å². The number of carbonyl (C=O) groups is 1. The second kappa shape index (κ2) is 5.47. The van der Waals surface area contributed by atoms with Crippen LogP contribution in [0.4, 0.5) is 0 Å². The van der Waals surface area contributed by atoms with Crippen molar-refractivity contribution in [2.75, 3.05) is 6.61 Å². The molecule has 23 heavy (non-hydrogen) atoms. The summed E-state index contributed by atoms with van der Waals surface area (Å²) in [5.74, 6) is 1.04. The number of H-pyrrole nitrogens is 1. The third-order valence-corrected chi connectivity index (χ3v) is 4.53. The first-order valence-corrected chi connectivity index (χ1v) is 7.83. The van der Waals surface area contributed by atoms with Crippen molar-refractivity contribution in [3.63, 3.8) is 0 Å². The molecule has 0 bridgehead atoms. The van der Waals surface area contributed by atoms with Crippen molar-refractivity contribution >= 4 is 16.8 Å². The number of nitrogens with one attached hydrogen (secondary N) is 2. The number of amides is 1. The highest BCUT2D eigenvalue weighted by molar-refractivity contribution is 6.05. The monoisotopic (exact) mass is 306 g/mol. The molecule has 4 rings (SSSR count). The molecule has 0 saturated heterocycles. The topological polar surface area (TPSA) is 54.1 Å². The molecule has 1 aliphatic rings. The molecule has 116 valence electrons. The summed E-state index contributed by atoms with van der Waals surface area (Å²) in [5.41, 5.74) is 2.71. The van der Waals surface area contributed by atoms with E-state index in [1.165, 1.54) is 5.56 Å². The largest absolute Gasteiger partial charge is 0.493 e. The maximum Gasteiger partial charge on any atom is 0.253 e. The van der Waals surface area contributed by atoms with E-state index in [2.05, 4.69) is 16.4 Å².